The van der Waals surface area contributed by atoms with Crippen LogP contribution in [0.2, 0.25) is 0 Å². The minimum absolute atomic E-state index is 0.0437. The monoisotopic (exact) mass is 539 g/mol. The minimum Gasteiger partial charge on any atom is -0.508 e. The van der Waals surface area contributed by atoms with Gasteiger partial charge in [-0.1, -0.05) is 32.4 Å². The number of thioether (sulfide) groups is 1. The summed E-state index contributed by atoms with van der Waals surface area (Å²) in [6.45, 7) is 4.00. The number of carboxylic acids is 1. The van der Waals surface area contributed by atoms with Crippen LogP contribution < -0.4 is 27.4 Å². The van der Waals surface area contributed by atoms with Crippen LogP contribution in [0.1, 0.15) is 45.1 Å². The topological polar surface area (TPSA) is 197 Å². The molecule has 0 radical (unpaired) electrons. The molecule has 12 heteroatoms. The molecular weight excluding hydrogens is 498 g/mol. The number of amides is 3. The number of aliphatic carboxylic acids is 1. The first-order valence-corrected chi connectivity index (χ1v) is 13.8. The summed E-state index contributed by atoms with van der Waals surface area (Å²) in [5, 5.41) is 26.9. The van der Waals surface area contributed by atoms with Crippen LogP contribution in [0.3, 0.4) is 0 Å². The Morgan fingerprint density at radius 1 is 0.919 bits per heavy atom. The smallest absolute Gasteiger partial charge is 0.326 e. The summed E-state index contributed by atoms with van der Waals surface area (Å²) < 4.78 is 0. The summed E-state index contributed by atoms with van der Waals surface area (Å²) in [7, 11) is 0. The minimum atomic E-state index is -1.17. The molecule has 4 unspecified atom stereocenters. The van der Waals surface area contributed by atoms with Crippen molar-refractivity contribution >= 4 is 35.5 Å². The predicted molar refractivity (Wildman–Crippen MR) is 144 cm³/mol. The molecule has 4 atom stereocenters. The maximum absolute atomic E-state index is 13.2. The first-order valence-electron chi connectivity index (χ1n) is 12.4. The van der Waals surface area contributed by atoms with Crippen molar-refractivity contribution in [1.82, 2.24) is 16.0 Å². The zero-order valence-electron chi connectivity index (χ0n) is 21.7. The van der Waals surface area contributed by atoms with E-state index in [1.165, 1.54) is 23.9 Å². The molecule has 0 fully saturated rings. The van der Waals surface area contributed by atoms with Gasteiger partial charge in [0.05, 0.1) is 6.04 Å². The molecule has 11 nitrogen and oxygen atoms in total. The Kier molecular flexibility index (Phi) is 14.6. The van der Waals surface area contributed by atoms with E-state index < -0.39 is 47.9 Å². The van der Waals surface area contributed by atoms with Crippen molar-refractivity contribution in [2.75, 3.05) is 18.6 Å². The molecule has 208 valence electrons. The van der Waals surface area contributed by atoms with E-state index >= 15 is 0 Å². The fraction of sp³-hybridized carbons (Fsp3) is 0.600. The molecular formula is C25H41N5O6S. The molecule has 37 heavy (non-hydrogen) atoms. The van der Waals surface area contributed by atoms with E-state index in [0.717, 1.165) is 6.42 Å². The highest BCUT2D eigenvalue weighted by Crippen LogP contribution is 2.13. The number of nitrogens with one attached hydrogen (secondary N) is 3. The standard InChI is InChI=1S/C25H41N5O6S/c1-15(2)21(30-22(32)18(27)6-4-5-12-26)24(34)29-20(14-16-7-9-17(31)10-8-16)23(33)28-19(25(35)36)11-13-37-3/h7-10,15,18-21,31H,4-6,11-14,26-27H2,1-3H3,(H,28,33)(H,29,34)(H,30,32)(H,35,36). The van der Waals surface area contributed by atoms with Gasteiger partial charge in [-0.2, -0.15) is 11.8 Å². The summed E-state index contributed by atoms with van der Waals surface area (Å²) in [6.07, 6.45) is 3.93. The van der Waals surface area contributed by atoms with E-state index in [0.29, 0.717) is 30.7 Å². The third-order valence-corrected chi connectivity index (χ3v) is 6.43. The van der Waals surface area contributed by atoms with E-state index in [9.17, 15) is 29.4 Å². The van der Waals surface area contributed by atoms with Crippen LogP contribution in [0.5, 0.6) is 5.75 Å². The van der Waals surface area contributed by atoms with Crippen molar-refractivity contribution in [3.05, 3.63) is 29.8 Å². The van der Waals surface area contributed by atoms with Crippen LogP contribution >= 0.6 is 11.8 Å². The van der Waals surface area contributed by atoms with Crippen LogP contribution in [-0.2, 0) is 25.6 Å². The van der Waals surface area contributed by atoms with Crippen molar-refractivity contribution < 1.29 is 29.4 Å². The lowest BCUT2D eigenvalue weighted by molar-refractivity contribution is -0.142. The Morgan fingerprint density at radius 2 is 1.54 bits per heavy atom. The molecule has 1 aromatic rings. The number of carboxylic acid groups (broad SMARTS) is 1. The normalized spacial score (nSPS) is 14.3. The number of hydrogen-bond acceptors (Lipinski definition) is 8. The summed E-state index contributed by atoms with van der Waals surface area (Å²) in [5.74, 6) is -2.65. The first kappa shape index (κ1) is 32.2. The Labute approximate surface area is 222 Å². The summed E-state index contributed by atoms with van der Waals surface area (Å²) in [5.41, 5.74) is 12.1. The number of phenols is 1. The van der Waals surface area contributed by atoms with Crippen molar-refractivity contribution in [1.29, 1.82) is 0 Å². The third kappa shape index (κ3) is 11.8. The number of carbonyl (C=O) groups is 4. The highest BCUT2D eigenvalue weighted by Gasteiger charge is 2.31. The highest BCUT2D eigenvalue weighted by atomic mass is 32.2. The van der Waals surface area contributed by atoms with Gasteiger partial charge in [0.2, 0.25) is 17.7 Å². The van der Waals surface area contributed by atoms with E-state index in [4.69, 9.17) is 11.5 Å². The second-order valence-corrected chi connectivity index (χ2v) is 10.2. The van der Waals surface area contributed by atoms with Gasteiger partial charge in [-0.25, -0.2) is 4.79 Å². The lowest BCUT2D eigenvalue weighted by Gasteiger charge is -2.27. The maximum atomic E-state index is 13.2. The average Bonchev–Trinajstić information content (AvgIpc) is 2.85. The molecule has 0 spiro atoms. The molecule has 3 amide bonds. The van der Waals surface area contributed by atoms with Crippen molar-refractivity contribution in [2.24, 2.45) is 17.4 Å². The number of nitrogens with two attached hydrogens (primary N) is 2. The summed E-state index contributed by atoms with van der Waals surface area (Å²) in [6, 6.07) is 2.11. The molecule has 0 aliphatic carbocycles. The van der Waals surface area contributed by atoms with Gasteiger partial charge in [-0.15, -0.1) is 0 Å². The van der Waals surface area contributed by atoms with Gasteiger partial charge in [0.25, 0.3) is 0 Å². The van der Waals surface area contributed by atoms with E-state index in [1.54, 1.807) is 26.0 Å². The van der Waals surface area contributed by atoms with E-state index in [2.05, 4.69) is 16.0 Å². The lowest BCUT2D eigenvalue weighted by Crippen LogP contribution is -2.58. The summed E-state index contributed by atoms with van der Waals surface area (Å²) >= 11 is 1.45. The number of hydrogen-bond donors (Lipinski definition) is 7. The Morgan fingerprint density at radius 3 is 2.08 bits per heavy atom. The van der Waals surface area contributed by atoms with Gasteiger partial charge in [0.15, 0.2) is 0 Å². The molecule has 0 aromatic heterocycles. The van der Waals surface area contributed by atoms with Crippen LogP contribution in [0.4, 0.5) is 0 Å². The van der Waals surface area contributed by atoms with Crippen LogP contribution in [0, 0.1) is 5.92 Å². The summed E-state index contributed by atoms with van der Waals surface area (Å²) in [4.78, 5) is 50.6. The van der Waals surface area contributed by atoms with Crippen LogP contribution in [0.15, 0.2) is 24.3 Å². The van der Waals surface area contributed by atoms with Crippen molar-refractivity contribution in [2.45, 2.75) is 70.1 Å². The second-order valence-electron chi connectivity index (χ2n) is 9.23. The molecule has 0 saturated heterocycles. The number of phenolic OH excluding ortho intramolecular Hbond substituents is 1. The Hall–Kier alpha value is -2.83. The molecule has 0 aliphatic rings. The quantitative estimate of drug-likeness (QED) is 0.136. The van der Waals surface area contributed by atoms with E-state index in [1.807, 2.05) is 6.26 Å². The maximum Gasteiger partial charge on any atom is 0.326 e. The van der Waals surface area contributed by atoms with Gasteiger partial charge >= 0.3 is 5.97 Å². The zero-order chi connectivity index (χ0) is 28.0. The molecule has 1 rings (SSSR count). The molecule has 1 aromatic carbocycles. The van der Waals surface area contributed by atoms with Gasteiger partial charge in [0, 0.05) is 6.42 Å². The number of carbonyl (C=O) groups excluding carboxylic acids is 3. The Bertz CT molecular complexity index is 883. The van der Waals surface area contributed by atoms with Gasteiger partial charge in [-0.05, 0) is 61.4 Å². The van der Waals surface area contributed by atoms with Crippen molar-refractivity contribution in [3.8, 4) is 5.75 Å². The fourth-order valence-electron chi connectivity index (χ4n) is 3.54. The van der Waals surface area contributed by atoms with Crippen LogP contribution in [-0.4, -0.2) is 76.6 Å². The van der Waals surface area contributed by atoms with Crippen LogP contribution in [0.25, 0.3) is 0 Å². The largest absolute Gasteiger partial charge is 0.508 e. The molecule has 0 aliphatic heterocycles. The zero-order valence-corrected chi connectivity index (χ0v) is 22.6. The number of benzene rings is 1. The molecule has 0 saturated carbocycles. The fourth-order valence-corrected chi connectivity index (χ4v) is 4.01. The average molecular weight is 540 g/mol. The third-order valence-electron chi connectivity index (χ3n) is 5.79. The molecule has 0 heterocycles. The molecule has 9 N–H and O–H groups in total. The second kappa shape index (κ2) is 16.8. The Balaban J connectivity index is 3.05. The number of aromatic hydroxyl groups is 1. The SMILES string of the molecule is CSCCC(NC(=O)C(Cc1ccc(O)cc1)NC(=O)C(NC(=O)C(N)CCCCN)C(C)C)C(=O)O. The predicted octanol–water partition coefficient (Wildman–Crippen LogP) is 0.339. The number of rotatable bonds is 17. The first-order chi connectivity index (χ1) is 17.5. The number of unbranched alkanes of at least 4 members (excludes halogenated alkanes) is 1. The molecule has 0 bridgehead atoms. The highest BCUT2D eigenvalue weighted by molar-refractivity contribution is 7.98. The van der Waals surface area contributed by atoms with E-state index in [-0.39, 0.29) is 24.5 Å². The lowest BCUT2D eigenvalue weighted by atomic mass is 10.00. The van der Waals surface area contributed by atoms with Gasteiger partial charge in [-0.3, -0.25) is 14.4 Å². The van der Waals surface area contributed by atoms with Gasteiger partial charge in [0.1, 0.15) is 23.9 Å². The van der Waals surface area contributed by atoms with Gasteiger partial charge < -0.3 is 37.6 Å². The van der Waals surface area contributed by atoms with Crippen molar-refractivity contribution in [3.63, 3.8) is 0 Å².